The van der Waals surface area contributed by atoms with E-state index in [0.29, 0.717) is 12.5 Å². The average molecular weight is 170 g/mol. The number of carbonyl (C=O) groups excluding carboxylic acids is 1. The second kappa shape index (κ2) is 4.45. The molecule has 1 N–H and O–H groups in total. The molecule has 3 nitrogen and oxygen atoms in total. The van der Waals surface area contributed by atoms with Crippen molar-refractivity contribution in [2.24, 2.45) is 0 Å². The molecule has 0 aliphatic carbocycles. The first-order chi connectivity index (χ1) is 5.75. The molecule has 1 aliphatic heterocycles. The van der Waals surface area contributed by atoms with Gasteiger partial charge in [0, 0.05) is 26.1 Å². The van der Waals surface area contributed by atoms with Gasteiger partial charge in [0.15, 0.2) is 0 Å². The summed E-state index contributed by atoms with van der Waals surface area (Å²) in [6.45, 7) is 3.97. The second-order valence-electron chi connectivity index (χ2n) is 3.36. The molecule has 0 aromatic rings. The van der Waals surface area contributed by atoms with Crippen LogP contribution in [0.3, 0.4) is 0 Å². The van der Waals surface area contributed by atoms with Gasteiger partial charge in [0.2, 0.25) is 5.91 Å². The fourth-order valence-electron chi connectivity index (χ4n) is 1.62. The lowest BCUT2D eigenvalue weighted by molar-refractivity contribution is -0.131. The van der Waals surface area contributed by atoms with Crippen molar-refractivity contribution in [3.63, 3.8) is 0 Å². The third-order valence-corrected chi connectivity index (χ3v) is 2.51. The highest BCUT2D eigenvalue weighted by Gasteiger charge is 2.20. The quantitative estimate of drug-likeness (QED) is 0.658. The highest BCUT2D eigenvalue weighted by Crippen LogP contribution is 2.09. The summed E-state index contributed by atoms with van der Waals surface area (Å²) in [5.74, 6) is 0.253. The molecule has 0 radical (unpaired) electrons. The maximum absolute atomic E-state index is 11.3. The van der Waals surface area contributed by atoms with E-state index in [9.17, 15) is 4.79 Å². The van der Waals surface area contributed by atoms with Crippen LogP contribution in [-0.2, 0) is 4.79 Å². The molecule has 12 heavy (non-hydrogen) atoms. The molecule has 0 spiro atoms. The van der Waals surface area contributed by atoms with Gasteiger partial charge in [0.25, 0.3) is 0 Å². The molecule has 1 atom stereocenters. The van der Waals surface area contributed by atoms with Crippen molar-refractivity contribution in [1.82, 2.24) is 10.2 Å². The van der Waals surface area contributed by atoms with Crippen LogP contribution in [-0.4, -0.2) is 37.0 Å². The van der Waals surface area contributed by atoms with E-state index in [1.54, 1.807) is 0 Å². The third-order valence-electron chi connectivity index (χ3n) is 2.51. The van der Waals surface area contributed by atoms with Crippen LogP contribution < -0.4 is 5.32 Å². The molecule has 0 aromatic heterocycles. The number of piperidine rings is 1. The Balaban J connectivity index is 2.39. The van der Waals surface area contributed by atoms with Crippen LogP contribution in [0.25, 0.3) is 0 Å². The van der Waals surface area contributed by atoms with Crippen molar-refractivity contribution in [3.8, 4) is 0 Å². The Kier molecular flexibility index (Phi) is 3.53. The summed E-state index contributed by atoms with van der Waals surface area (Å²) in [6.07, 6.45) is 2.95. The first-order valence-electron chi connectivity index (χ1n) is 4.72. The summed E-state index contributed by atoms with van der Waals surface area (Å²) in [7, 11) is 1.91. The van der Waals surface area contributed by atoms with Crippen LogP contribution in [0.1, 0.15) is 26.2 Å². The molecule has 1 heterocycles. The minimum atomic E-state index is 0.253. The topological polar surface area (TPSA) is 32.3 Å². The lowest BCUT2D eigenvalue weighted by Gasteiger charge is -2.31. The Morgan fingerprint density at radius 2 is 2.42 bits per heavy atom. The van der Waals surface area contributed by atoms with Crippen LogP contribution >= 0.6 is 0 Å². The summed E-state index contributed by atoms with van der Waals surface area (Å²) >= 11 is 0. The number of likely N-dealkylation sites (N-methyl/N-ethyl adjacent to an activating group) is 1. The number of nitrogens with one attached hydrogen (secondary N) is 1. The smallest absolute Gasteiger partial charge is 0.222 e. The van der Waals surface area contributed by atoms with Gasteiger partial charge >= 0.3 is 0 Å². The number of carbonyl (C=O) groups is 1. The minimum absolute atomic E-state index is 0.253. The predicted molar refractivity (Wildman–Crippen MR) is 49.0 cm³/mol. The second-order valence-corrected chi connectivity index (χ2v) is 3.36. The van der Waals surface area contributed by atoms with E-state index in [1.807, 2.05) is 18.9 Å². The Labute approximate surface area is 74.1 Å². The fourth-order valence-corrected chi connectivity index (χ4v) is 1.62. The number of amides is 1. The van der Waals surface area contributed by atoms with E-state index in [1.165, 1.54) is 6.42 Å². The molecule has 1 fully saturated rings. The highest BCUT2D eigenvalue weighted by atomic mass is 16.2. The van der Waals surface area contributed by atoms with Crippen molar-refractivity contribution >= 4 is 5.91 Å². The molecule has 0 unspecified atom stereocenters. The van der Waals surface area contributed by atoms with Crippen molar-refractivity contribution in [3.05, 3.63) is 0 Å². The summed E-state index contributed by atoms with van der Waals surface area (Å²) in [5.41, 5.74) is 0. The molecule has 0 aromatic carbocycles. The van der Waals surface area contributed by atoms with Crippen LogP contribution in [0, 0.1) is 0 Å². The van der Waals surface area contributed by atoms with Crippen molar-refractivity contribution in [1.29, 1.82) is 0 Å². The van der Waals surface area contributed by atoms with E-state index in [-0.39, 0.29) is 5.91 Å². The van der Waals surface area contributed by atoms with E-state index >= 15 is 0 Å². The van der Waals surface area contributed by atoms with Gasteiger partial charge < -0.3 is 10.2 Å². The van der Waals surface area contributed by atoms with Gasteiger partial charge in [0.1, 0.15) is 0 Å². The monoisotopic (exact) mass is 170 g/mol. The van der Waals surface area contributed by atoms with Crippen molar-refractivity contribution < 1.29 is 4.79 Å². The average Bonchev–Trinajstić information content (AvgIpc) is 2.17. The predicted octanol–water partition coefficient (Wildman–Crippen LogP) is 0.607. The fraction of sp³-hybridized carbons (Fsp3) is 0.889. The maximum Gasteiger partial charge on any atom is 0.222 e. The number of hydrogen-bond acceptors (Lipinski definition) is 2. The molecule has 1 aliphatic rings. The molecule has 0 bridgehead atoms. The largest absolute Gasteiger partial charge is 0.342 e. The van der Waals surface area contributed by atoms with E-state index < -0.39 is 0 Å². The third kappa shape index (κ3) is 2.21. The maximum atomic E-state index is 11.3. The normalized spacial score (nSPS) is 23.7. The molecule has 0 saturated carbocycles. The van der Waals surface area contributed by atoms with Gasteiger partial charge in [-0.1, -0.05) is 6.92 Å². The van der Waals surface area contributed by atoms with Crippen LogP contribution in [0.4, 0.5) is 0 Å². The van der Waals surface area contributed by atoms with Crippen LogP contribution in [0.5, 0.6) is 0 Å². The van der Waals surface area contributed by atoms with Crippen LogP contribution in [0.2, 0.25) is 0 Å². The standard InChI is InChI=1S/C9H18N2O/c1-3-9(12)11(2)8-5-4-6-10-7-8/h8,10H,3-7H2,1-2H3/t8-/m1/s1. The van der Waals surface area contributed by atoms with Gasteiger partial charge in [-0.3, -0.25) is 4.79 Å². The minimum Gasteiger partial charge on any atom is -0.342 e. The summed E-state index contributed by atoms with van der Waals surface area (Å²) in [6, 6.07) is 0.422. The number of nitrogens with zero attached hydrogens (tertiary/aromatic N) is 1. The Morgan fingerprint density at radius 3 is 2.92 bits per heavy atom. The zero-order chi connectivity index (χ0) is 8.97. The first-order valence-corrected chi connectivity index (χ1v) is 4.72. The van der Waals surface area contributed by atoms with Crippen molar-refractivity contribution in [2.75, 3.05) is 20.1 Å². The highest BCUT2D eigenvalue weighted by molar-refractivity contribution is 5.75. The molecule has 3 heteroatoms. The van der Waals surface area contributed by atoms with E-state index in [0.717, 1.165) is 19.5 Å². The molecule has 1 rings (SSSR count). The Morgan fingerprint density at radius 1 is 1.67 bits per heavy atom. The lowest BCUT2D eigenvalue weighted by atomic mass is 10.1. The SMILES string of the molecule is CCC(=O)N(C)[C@@H]1CCCNC1. The summed E-state index contributed by atoms with van der Waals surface area (Å²) < 4.78 is 0. The van der Waals surface area contributed by atoms with Gasteiger partial charge in [-0.05, 0) is 19.4 Å². The number of rotatable bonds is 2. The van der Waals surface area contributed by atoms with Gasteiger partial charge in [0.05, 0.1) is 0 Å². The zero-order valence-corrected chi connectivity index (χ0v) is 7.97. The lowest BCUT2D eigenvalue weighted by Crippen LogP contribution is -2.46. The van der Waals surface area contributed by atoms with Gasteiger partial charge in [-0.15, -0.1) is 0 Å². The zero-order valence-electron chi connectivity index (χ0n) is 7.97. The Hall–Kier alpha value is -0.570. The Bertz CT molecular complexity index is 153. The molecular weight excluding hydrogens is 152 g/mol. The van der Waals surface area contributed by atoms with Crippen molar-refractivity contribution in [2.45, 2.75) is 32.2 Å². The molecule has 70 valence electrons. The molecular formula is C9H18N2O. The van der Waals surface area contributed by atoms with Crippen LogP contribution in [0.15, 0.2) is 0 Å². The molecule has 1 amide bonds. The summed E-state index contributed by atoms with van der Waals surface area (Å²) in [5, 5.41) is 3.30. The van der Waals surface area contributed by atoms with Gasteiger partial charge in [-0.25, -0.2) is 0 Å². The van der Waals surface area contributed by atoms with Gasteiger partial charge in [-0.2, -0.15) is 0 Å². The number of hydrogen-bond donors (Lipinski definition) is 1. The van der Waals surface area contributed by atoms with E-state index in [4.69, 9.17) is 0 Å². The first kappa shape index (κ1) is 9.52. The van der Waals surface area contributed by atoms with E-state index in [2.05, 4.69) is 5.32 Å². The molecule has 1 saturated heterocycles. The summed E-state index contributed by atoms with van der Waals surface area (Å²) in [4.78, 5) is 13.2.